The van der Waals surface area contributed by atoms with Gasteiger partial charge in [0, 0.05) is 12.6 Å². The molecular weight excluding hydrogens is 530 g/mol. The fraction of sp³-hybridized carbons (Fsp3) is 0.200. The lowest BCUT2D eigenvalue weighted by molar-refractivity contribution is -0.384. The van der Waals surface area contributed by atoms with Crippen molar-refractivity contribution in [1.82, 2.24) is 15.0 Å². The number of nitro benzene ring substituents is 1. The second kappa shape index (κ2) is 10.0. The maximum absolute atomic E-state index is 13.1. The number of nitrogens with one attached hydrogen (secondary N) is 3. The molecule has 1 heterocycles. The molecule has 196 valence electrons. The first-order valence-corrected chi connectivity index (χ1v) is 13.6. The molecule has 0 spiro atoms. The second-order valence-electron chi connectivity index (χ2n) is 8.88. The molecule has 4 N–H and O–H groups in total. The Morgan fingerprint density at radius 3 is 2.29 bits per heavy atom. The topological polar surface area (TPSA) is 154 Å². The van der Waals surface area contributed by atoms with Crippen molar-refractivity contribution >= 4 is 44.7 Å². The normalized spacial score (nSPS) is 16.9. The number of sulfonamides is 1. The third-order valence-electron chi connectivity index (χ3n) is 6.68. The molecule has 38 heavy (non-hydrogen) atoms. The van der Waals surface area contributed by atoms with Crippen molar-refractivity contribution in [1.29, 1.82) is 0 Å². The van der Waals surface area contributed by atoms with E-state index in [0.29, 0.717) is 6.42 Å². The molecule has 0 saturated carbocycles. The number of hydrazine groups is 1. The largest absolute Gasteiger partial charge is 0.480 e. The molecular formula is C25H23N5O6S2. The monoisotopic (exact) mass is 553 g/mol. The highest BCUT2D eigenvalue weighted by Gasteiger charge is 2.40. The van der Waals surface area contributed by atoms with E-state index in [0.717, 1.165) is 32.6 Å². The second-order valence-corrected chi connectivity index (χ2v) is 11.2. The number of benzene rings is 3. The van der Waals surface area contributed by atoms with Crippen molar-refractivity contribution in [2.24, 2.45) is 0 Å². The van der Waals surface area contributed by atoms with Gasteiger partial charge >= 0.3 is 5.97 Å². The predicted molar refractivity (Wildman–Crippen MR) is 144 cm³/mol. The van der Waals surface area contributed by atoms with Crippen LogP contribution >= 0.6 is 12.2 Å². The van der Waals surface area contributed by atoms with Crippen LogP contribution in [0, 0.1) is 10.1 Å². The van der Waals surface area contributed by atoms with Gasteiger partial charge in [0.1, 0.15) is 11.7 Å². The number of fused-ring (bicyclic) bond motifs is 3. The smallest absolute Gasteiger partial charge is 0.322 e. The van der Waals surface area contributed by atoms with Gasteiger partial charge < -0.3 is 10.4 Å². The van der Waals surface area contributed by atoms with E-state index >= 15 is 0 Å². The minimum absolute atomic E-state index is 0.0125. The van der Waals surface area contributed by atoms with Gasteiger partial charge in [-0.25, -0.2) is 8.42 Å². The Bertz CT molecular complexity index is 1520. The van der Waals surface area contributed by atoms with Crippen LogP contribution in [0.25, 0.3) is 11.1 Å². The van der Waals surface area contributed by atoms with Crippen LogP contribution in [0.4, 0.5) is 11.4 Å². The van der Waals surface area contributed by atoms with E-state index in [1.165, 1.54) is 12.1 Å². The number of nitrogens with zero attached hydrogens (tertiary/aromatic N) is 2. The number of hydrogen-bond acceptors (Lipinski definition) is 7. The lowest BCUT2D eigenvalue weighted by Crippen LogP contribution is -2.41. The van der Waals surface area contributed by atoms with Crippen LogP contribution in [0.1, 0.15) is 30.0 Å². The van der Waals surface area contributed by atoms with Gasteiger partial charge in [0.15, 0.2) is 5.11 Å². The van der Waals surface area contributed by atoms with Crippen molar-refractivity contribution in [3.63, 3.8) is 0 Å². The van der Waals surface area contributed by atoms with Gasteiger partial charge in [-0.05, 0) is 59.4 Å². The Kier molecular flexibility index (Phi) is 6.73. The van der Waals surface area contributed by atoms with Crippen molar-refractivity contribution < 1.29 is 23.2 Å². The van der Waals surface area contributed by atoms with Crippen molar-refractivity contribution in [2.75, 3.05) is 12.0 Å². The minimum atomic E-state index is -4.25. The molecule has 1 fully saturated rings. The maximum Gasteiger partial charge on any atom is 0.322 e. The number of hydrogen-bond donors (Lipinski definition) is 4. The van der Waals surface area contributed by atoms with E-state index in [1.54, 1.807) is 0 Å². The van der Waals surface area contributed by atoms with E-state index in [4.69, 9.17) is 12.2 Å². The minimum Gasteiger partial charge on any atom is -0.480 e. The Hall–Kier alpha value is -4.07. The number of aliphatic carboxylic acids is 1. The molecule has 0 amide bonds. The highest BCUT2D eigenvalue weighted by Crippen LogP contribution is 2.43. The van der Waals surface area contributed by atoms with E-state index in [2.05, 4.69) is 16.2 Å². The third kappa shape index (κ3) is 4.55. The summed E-state index contributed by atoms with van der Waals surface area (Å²) in [6.45, 7) is 0.0298. The molecule has 1 saturated heterocycles. The van der Waals surface area contributed by atoms with Crippen LogP contribution in [-0.2, 0) is 14.8 Å². The zero-order valence-electron chi connectivity index (χ0n) is 19.8. The van der Waals surface area contributed by atoms with Crippen LogP contribution in [-0.4, -0.2) is 46.4 Å². The number of rotatable bonds is 7. The zero-order valence-corrected chi connectivity index (χ0v) is 21.5. The highest BCUT2D eigenvalue weighted by molar-refractivity contribution is 7.89. The molecule has 11 nitrogen and oxygen atoms in total. The molecule has 3 aromatic rings. The van der Waals surface area contributed by atoms with Crippen molar-refractivity contribution in [3.8, 4) is 11.1 Å². The van der Waals surface area contributed by atoms with Gasteiger partial charge in [0.2, 0.25) is 10.0 Å². The fourth-order valence-electron chi connectivity index (χ4n) is 4.94. The lowest BCUT2D eigenvalue weighted by atomic mass is 10.1. The maximum atomic E-state index is 13.1. The fourth-order valence-corrected chi connectivity index (χ4v) is 6.78. The molecule has 0 radical (unpaired) electrons. The molecule has 1 aliphatic carbocycles. The SMILES string of the molecule is O=C(O)[C@@H]1CCCN1S(=O)(=O)c1ccc(NNC(=S)NC2c3ccccc3-c3ccccc32)c([N+](=O)[O-])c1. The molecule has 1 aliphatic heterocycles. The third-order valence-corrected chi connectivity index (χ3v) is 8.81. The molecule has 2 aliphatic rings. The van der Waals surface area contributed by atoms with Crippen LogP contribution in [0.15, 0.2) is 71.6 Å². The molecule has 13 heteroatoms. The highest BCUT2D eigenvalue weighted by atomic mass is 32.2. The predicted octanol–water partition coefficient (Wildman–Crippen LogP) is 3.39. The molecule has 0 unspecified atom stereocenters. The summed E-state index contributed by atoms with van der Waals surface area (Å²) >= 11 is 5.44. The summed E-state index contributed by atoms with van der Waals surface area (Å²) in [5, 5.41) is 24.5. The van der Waals surface area contributed by atoms with Crippen LogP contribution in [0.5, 0.6) is 0 Å². The lowest BCUT2D eigenvalue weighted by Gasteiger charge is -2.21. The first-order valence-electron chi connectivity index (χ1n) is 11.7. The van der Waals surface area contributed by atoms with E-state index in [-0.39, 0.29) is 34.7 Å². The van der Waals surface area contributed by atoms with Gasteiger partial charge in [-0.1, -0.05) is 48.5 Å². The summed E-state index contributed by atoms with van der Waals surface area (Å²) < 4.78 is 27.0. The summed E-state index contributed by atoms with van der Waals surface area (Å²) in [7, 11) is -4.25. The number of carboxylic acids is 1. The number of thiocarbonyl (C=S) groups is 1. The van der Waals surface area contributed by atoms with Gasteiger partial charge in [-0.15, -0.1) is 0 Å². The van der Waals surface area contributed by atoms with Crippen molar-refractivity contribution in [3.05, 3.63) is 88.0 Å². The van der Waals surface area contributed by atoms with E-state index in [9.17, 15) is 28.4 Å². The summed E-state index contributed by atoms with van der Waals surface area (Å²) in [6, 6.07) is 17.8. The first-order chi connectivity index (χ1) is 18.2. The Morgan fingerprint density at radius 1 is 1.05 bits per heavy atom. The summed E-state index contributed by atoms with van der Waals surface area (Å²) in [5.74, 6) is -1.25. The van der Waals surface area contributed by atoms with E-state index < -0.39 is 32.6 Å². The molecule has 0 bridgehead atoms. The molecule has 1 atom stereocenters. The van der Waals surface area contributed by atoms with Gasteiger partial charge in [0.05, 0.1) is 15.9 Å². The van der Waals surface area contributed by atoms with Crippen LogP contribution in [0.3, 0.4) is 0 Å². The quantitative estimate of drug-likeness (QED) is 0.194. The number of anilines is 1. The standard InChI is InChI=1S/C25H23N5O6S2/c31-24(32)21-10-5-13-29(21)38(35,36)15-11-12-20(22(14-15)30(33)34)27-28-25(37)26-23-18-8-3-1-6-16(18)17-7-2-4-9-19(17)23/h1-4,6-9,11-12,14,21,23,27H,5,10,13H2,(H,31,32)(H2,26,28,37)/t21-/m0/s1. The zero-order chi connectivity index (χ0) is 27.0. The van der Waals surface area contributed by atoms with Crippen LogP contribution in [0.2, 0.25) is 0 Å². The van der Waals surface area contributed by atoms with Gasteiger partial charge in [-0.2, -0.15) is 4.31 Å². The average molecular weight is 554 g/mol. The average Bonchev–Trinajstić information content (AvgIpc) is 3.52. The van der Waals surface area contributed by atoms with Gasteiger partial charge in [0.25, 0.3) is 5.69 Å². The first kappa shape index (κ1) is 25.6. The van der Waals surface area contributed by atoms with Gasteiger partial charge in [-0.3, -0.25) is 25.8 Å². The van der Waals surface area contributed by atoms with Crippen molar-refractivity contribution in [2.45, 2.75) is 29.8 Å². The summed E-state index contributed by atoms with van der Waals surface area (Å²) in [6.07, 6.45) is 0.572. The molecule has 0 aromatic heterocycles. The van der Waals surface area contributed by atoms with E-state index in [1.807, 2.05) is 48.5 Å². The van der Waals surface area contributed by atoms with Crippen LogP contribution < -0.4 is 16.2 Å². The summed E-state index contributed by atoms with van der Waals surface area (Å²) in [4.78, 5) is 22.2. The Morgan fingerprint density at radius 2 is 1.68 bits per heavy atom. The number of carbonyl (C=O) groups is 1. The number of carboxylic acid groups (broad SMARTS) is 1. The molecule has 3 aromatic carbocycles. The Balaban J connectivity index is 1.33. The Labute approximate surface area is 223 Å². The summed E-state index contributed by atoms with van der Waals surface area (Å²) in [5.41, 5.74) is 9.18. The molecule has 5 rings (SSSR count). The number of nitro groups is 1.